The maximum Gasteiger partial charge on any atom is 0.312 e. The summed E-state index contributed by atoms with van der Waals surface area (Å²) >= 11 is 0. The number of carbonyl (C=O) groups excluding carboxylic acids is 2. The Labute approximate surface area is 266 Å². The summed E-state index contributed by atoms with van der Waals surface area (Å²) in [6.07, 6.45) is -0.565. The third-order valence-corrected chi connectivity index (χ3v) is 9.98. The second-order valence-electron chi connectivity index (χ2n) is 12.4. The lowest BCUT2D eigenvalue weighted by Gasteiger charge is -2.33. The largest absolute Gasteiger partial charge is 0.460 e. The summed E-state index contributed by atoms with van der Waals surface area (Å²) in [5.41, 5.74) is 0.449. The van der Waals surface area contributed by atoms with Gasteiger partial charge in [0.1, 0.15) is 12.4 Å². The fraction of sp³-hybridized carbons (Fsp3) is 0.429. The highest BCUT2D eigenvalue weighted by molar-refractivity contribution is 7.89. The Bertz CT molecular complexity index is 1480. The van der Waals surface area contributed by atoms with E-state index in [0.29, 0.717) is 6.42 Å². The molecule has 45 heavy (non-hydrogen) atoms. The summed E-state index contributed by atoms with van der Waals surface area (Å²) in [5, 5.41) is 14.4. The molecule has 2 unspecified atom stereocenters. The zero-order valence-corrected chi connectivity index (χ0v) is 27.5. The zero-order chi connectivity index (χ0) is 33.2. The average molecular weight is 641 g/mol. The molecule has 0 radical (unpaired) electrons. The van der Waals surface area contributed by atoms with E-state index in [1.807, 2.05) is 74.5 Å². The molecule has 3 atom stereocenters. The molecule has 2 N–H and O–H groups in total. The van der Waals surface area contributed by atoms with E-state index in [-0.39, 0.29) is 36.9 Å². The summed E-state index contributed by atoms with van der Waals surface area (Å²) in [4.78, 5) is 26.6. The van der Waals surface area contributed by atoms with Gasteiger partial charge in [-0.05, 0) is 68.0 Å². The molecule has 0 saturated heterocycles. The number of hydrogen-bond acceptors (Lipinski definition) is 6. The number of hydrogen-bond donors (Lipinski definition) is 2. The number of carbonyl (C=O) groups is 2. The molecule has 0 bridgehead atoms. The molecule has 3 rings (SSSR count). The molecule has 244 valence electrons. The minimum Gasteiger partial charge on any atom is -0.460 e. The summed E-state index contributed by atoms with van der Waals surface area (Å²) < 4.78 is 47.5. The van der Waals surface area contributed by atoms with Crippen LogP contribution in [0.5, 0.6) is 0 Å². The van der Waals surface area contributed by atoms with Gasteiger partial charge in [-0.2, -0.15) is 4.31 Å². The summed E-state index contributed by atoms with van der Waals surface area (Å²) in [6.45, 7) is 8.71. The van der Waals surface area contributed by atoms with E-state index in [4.69, 9.17) is 4.74 Å². The number of nitrogens with zero attached hydrogens (tertiary/aromatic N) is 1. The SMILES string of the molecule is CC(C)CCN(CC(O)[C@H](Cc1ccccc1)NC(=O)C(C)C(C)(C)C(=O)OCc1ccccc1)S(=O)(=O)c1ccc(F)cc1. The molecule has 3 aromatic carbocycles. The predicted molar refractivity (Wildman–Crippen MR) is 172 cm³/mol. The summed E-state index contributed by atoms with van der Waals surface area (Å²) in [5.74, 6) is -2.25. The van der Waals surface area contributed by atoms with Crippen LogP contribution < -0.4 is 5.32 Å². The van der Waals surface area contributed by atoms with Crippen molar-refractivity contribution >= 4 is 21.9 Å². The third-order valence-electron chi connectivity index (χ3n) is 8.10. The van der Waals surface area contributed by atoms with Crippen LogP contribution in [-0.4, -0.2) is 54.9 Å². The number of amides is 1. The molecule has 0 heterocycles. The van der Waals surface area contributed by atoms with Crippen molar-refractivity contribution in [2.45, 2.75) is 71.1 Å². The monoisotopic (exact) mass is 640 g/mol. The average Bonchev–Trinajstić information content (AvgIpc) is 3.01. The van der Waals surface area contributed by atoms with Gasteiger partial charge < -0.3 is 15.2 Å². The van der Waals surface area contributed by atoms with Crippen molar-refractivity contribution in [3.63, 3.8) is 0 Å². The maximum absolute atomic E-state index is 13.6. The first-order valence-electron chi connectivity index (χ1n) is 15.2. The Morgan fingerprint density at radius 1 is 0.911 bits per heavy atom. The molecule has 0 saturated carbocycles. The van der Waals surface area contributed by atoms with Crippen molar-refractivity contribution in [1.82, 2.24) is 9.62 Å². The fourth-order valence-corrected chi connectivity index (χ4v) is 6.15. The van der Waals surface area contributed by atoms with Crippen molar-refractivity contribution < 1.29 is 32.2 Å². The van der Waals surface area contributed by atoms with E-state index >= 15 is 0 Å². The first kappa shape index (κ1) is 35.9. The molecule has 0 aliphatic carbocycles. The van der Waals surface area contributed by atoms with Gasteiger partial charge in [0.05, 0.1) is 28.4 Å². The predicted octanol–water partition coefficient (Wildman–Crippen LogP) is 5.36. The van der Waals surface area contributed by atoms with Gasteiger partial charge in [-0.1, -0.05) is 81.4 Å². The lowest BCUT2D eigenvalue weighted by molar-refractivity contribution is -0.161. The minimum absolute atomic E-state index is 0.0710. The van der Waals surface area contributed by atoms with Crippen LogP contribution >= 0.6 is 0 Å². The van der Waals surface area contributed by atoms with Gasteiger partial charge in [-0.25, -0.2) is 12.8 Å². The first-order valence-corrected chi connectivity index (χ1v) is 16.6. The van der Waals surface area contributed by atoms with Gasteiger partial charge in [0, 0.05) is 13.1 Å². The number of rotatable bonds is 16. The van der Waals surface area contributed by atoms with Crippen LogP contribution in [0, 0.1) is 23.1 Å². The molecule has 8 nitrogen and oxygen atoms in total. The van der Waals surface area contributed by atoms with Gasteiger partial charge >= 0.3 is 5.97 Å². The first-order chi connectivity index (χ1) is 21.2. The molecule has 10 heteroatoms. The second kappa shape index (κ2) is 16.1. The Morgan fingerprint density at radius 3 is 2.02 bits per heavy atom. The lowest BCUT2D eigenvalue weighted by Crippen LogP contribution is -2.53. The van der Waals surface area contributed by atoms with Crippen LogP contribution in [0.3, 0.4) is 0 Å². The van der Waals surface area contributed by atoms with Gasteiger partial charge in [0.25, 0.3) is 0 Å². The normalized spacial score (nSPS) is 14.2. The highest BCUT2D eigenvalue weighted by atomic mass is 32.2. The third kappa shape index (κ3) is 10.2. The van der Waals surface area contributed by atoms with E-state index < -0.39 is 51.2 Å². The van der Waals surface area contributed by atoms with Gasteiger partial charge in [-0.3, -0.25) is 9.59 Å². The molecule has 0 aromatic heterocycles. The quantitative estimate of drug-likeness (QED) is 0.204. The maximum atomic E-state index is 13.6. The van der Waals surface area contributed by atoms with E-state index in [9.17, 15) is 27.5 Å². The fourth-order valence-electron chi connectivity index (χ4n) is 4.68. The molecule has 0 spiro atoms. The van der Waals surface area contributed by atoms with Crippen molar-refractivity contribution in [2.75, 3.05) is 13.1 Å². The van der Waals surface area contributed by atoms with E-state index in [0.717, 1.165) is 23.3 Å². The number of aliphatic hydroxyl groups excluding tert-OH is 1. The molecular formula is C35H45FN2O6S. The number of benzene rings is 3. The minimum atomic E-state index is -4.09. The van der Waals surface area contributed by atoms with E-state index in [1.54, 1.807) is 20.8 Å². The van der Waals surface area contributed by atoms with E-state index in [1.165, 1.54) is 16.4 Å². The Morgan fingerprint density at radius 2 is 1.47 bits per heavy atom. The summed E-state index contributed by atoms with van der Waals surface area (Å²) in [7, 11) is -4.09. The topological polar surface area (TPSA) is 113 Å². The van der Waals surface area contributed by atoms with E-state index in [2.05, 4.69) is 5.32 Å². The highest BCUT2D eigenvalue weighted by Gasteiger charge is 2.41. The number of ether oxygens (including phenoxy) is 1. The van der Waals surface area contributed by atoms with Crippen LogP contribution in [0.15, 0.2) is 89.8 Å². The number of esters is 1. The van der Waals surface area contributed by atoms with Crippen LogP contribution in [0.1, 0.15) is 52.2 Å². The standard InChI is InChI=1S/C35H45FN2O6S/c1-25(2)20-21-38(45(42,43)30-18-16-29(36)17-19-30)23-32(39)31(22-27-12-8-6-9-13-27)37-33(40)26(3)35(4,5)34(41)44-24-28-14-10-7-11-15-28/h6-19,25-26,31-32,39H,20-24H2,1-5H3,(H,37,40)/t26?,31-,32?/m0/s1. The lowest BCUT2D eigenvalue weighted by atomic mass is 9.79. The molecule has 0 aliphatic heterocycles. The number of aliphatic hydroxyl groups is 1. The van der Waals surface area contributed by atoms with Crippen molar-refractivity contribution in [3.8, 4) is 0 Å². The van der Waals surface area contributed by atoms with Crippen LogP contribution in [-0.2, 0) is 37.4 Å². The smallest absolute Gasteiger partial charge is 0.312 e. The van der Waals surface area contributed by atoms with Gasteiger partial charge in [-0.15, -0.1) is 0 Å². The van der Waals surface area contributed by atoms with Crippen molar-refractivity contribution in [1.29, 1.82) is 0 Å². The van der Waals surface area contributed by atoms with Gasteiger partial charge in [0.2, 0.25) is 15.9 Å². The zero-order valence-electron chi connectivity index (χ0n) is 26.6. The molecule has 0 aliphatic rings. The molecule has 0 fully saturated rings. The second-order valence-corrected chi connectivity index (χ2v) is 14.3. The highest BCUT2D eigenvalue weighted by Crippen LogP contribution is 2.29. The number of halogens is 1. The molecule has 1 amide bonds. The Balaban J connectivity index is 1.82. The van der Waals surface area contributed by atoms with Crippen molar-refractivity contribution in [2.24, 2.45) is 17.3 Å². The van der Waals surface area contributed by atoms with Gasteiger partial charge in [0.15, 0.2) is 0 Å². The number of nitrogens with one attached hydrogen (secondary N) is 1. The van der Waals surface area contributed by atoms with Crippen LogP contribution in [0.25, 0.3) is 0 Å². The Hall–Kier alpha value is -3.60. The summed E-state index contributed by atoms with van der Waals surface area (Å²) in [6, 6.07) is 22.1. The van der Waals surface area contributed by atoms with Crippen molar-refractivity contribution in [3.05, 3.63) is 102 Å². The van der Waals surface area contributed by atoms with Crippen LogP contribution in [0.4, 0.5) is 4.39 Å². The molecular weight excluding hydrogens is 595 g/mol. The van der Waals surface area contributed by atoms with Crippen LogP contribution in [0.2, 0.25) is 0 Å². The Kier molecular flexibility index (Phi) is 12.8. The number of sulfonamides is 1. The molecule has 3 aromatic rings.